The van der Waals surface area contributed by atoms with Crippen LogP contribution in [0.4, 0.5) is 0 Å². The molecule has 142 valence electrons. The lowest BCUT2D eigenvalue weighted by molar-refractivity contribution is 0.0601. The zero-order valence-corrected chi connectivity index (χ0v) is 15.6. The quantitative estimate of drug-likeness (QED) is 0.681. The van der Waals surface area contributed by atoms with Gasteiger partial charge in [-0.3, -0.25) is 4.79 Å². The van der Waals surface area contributed by atoms with E-state index in [0.29, 0.717) is 41.2 Å². The first kappa shape index (κ1) is 18.1. The third-order valence-electron chi connectivity index (χ3n) is 4.21. The fourth-order valence-corrected chi connectivity index (χ4v) is 3.08. The summed E-state index contributed by atoms with van der Waals surface area (Å²) in [5.41, 5.74) is 1.05. The van der Waals surface area contributed by atoms with Crippen LogP contribution in [0.3, 0.4) is 0 Å². The van der Waals surface area contributed by atoms with Crippen LogP contribution in [-0.2, 0) is 4.74 Å². The number of benzene rings is 2. The van der Waals surface area contributed by atoms with Crippen molar-refractivity contribution in [2.24, 2.45) is 0 Å². The van der Waals surface area contributed by atoms with Crippen molar-refractivity contribution in [3.63, 3.8) is 0 Å². The van der Waals surface area contributed by atoms with Crippen molar-refractivity contribution in [1.29, 1.82) is 0 Å². The number of ether oxygens (including phenoxy) is 3. The Hall–Kier alpha value is -3.32. The molecule has 4 rings (SSSR count). The van der Waals surface area contributed by atoms with Gasteiger partial charge in [-0.15, -0.1) is 0 Å². The first-order valence-electron chi connectivity index (χ1n) is 8.45. The molecule has 0 atom stereocenters. The zero-order chi connectivity index (χ0) is 19.7. The number of nitrogens with one attached hydrogen (secondary N) is 1. The molecule has 2 heterocycles. The van der Waals surface area contributed by atoms with Gasteiger partial charge < -0.3 is 19.2 Å². The summed E-state index contributed by atoms with van der Waals surface area (Å²) in [5, 5.41) is 0.583. The molecule has 1 aliphatic rings. The molecule has 0 radical (unpaired) electrons. The van der Waals surface area contributed by atoms with E-state index in [9.17, 15) is 9.59 Å². The Morgan fingerprint density at radius 2 is 1.96 bits per heavy atom. The standard InChI is InChI=1S/C20H15ClN2O5/c1-26-20(25)12-3-4-13-15(10-12)22-18(23-19(13)24)14(21)8-11-2-5-16-17(9-11)28-7-6-27-16/h2-5,8-10H,6-7H2,1H3,(H,22,23,24). The SMILES string of the molecule is COC(=O)c1ccc2c(=O)[nH]c(C(Cl)=Cc3ccc4c(c3)OCCO4)nc2c1. The second kappa shape index (κ2) is 7.36. The molecule has 0 amide bonds. The number of carbonyl (C=O) groups is 1. The molecule has 1 aromatic heterocycles. The molecule has 0 saturated carbocycles. The van der Waals surface area contributed by atoms with Gasteiger partial charge in [0, 0.05) is 0 Å². The number of methoxy groups -OCH3 is 1. The van der Waals surface area contributed by atoms with E-state index in [1.54, 1.807) is 18.2 Å². The van der Waals surface area contributed by atoms with Gasteiger partial charge in [-0.2, -0.15) is 0 Å². The van der Waals surface area contributed by atoms with Crippen molar-refractivity contribution >= 4 is 39.6 Å². The van der Waals surface area contributed by atoms with E-state index in [4.69, 9.17) is 25.8 Å². The first-order chi connectivity index (χ1) is 13.5. The number of nitrogens with zero attached hydrogens (tertiary/aromatic N) is 1. The maximum atomic E-state index is 12.4. The molecule has 28 heavy (non-hydrogen) atoms. The van der Waals surface area contributed by atoms with Crippen molar-refractivity contribution in [2.45, 2.75) is 0 Å². The second-order valence-electron chi connectivity index (χ2n) is 6.03. The lowest BCUT2D eigenvalue weighted by atomic mass is 10.1. The molecular weight excluding hydrogens is 384 g/mol. The maximum Gasteiger partial charge on any atom is 0.337 e. The van der Waals surface area contributed by atoms with Crippen LogP contribution in [0.2, 0.25) is 0 Å². The predicted molar refractivity (Wildman–Crippen MR) is 105 cm³/mol. The molecule has 7 nitrogen and oxygen atoms in total. The molecule has 0 unspecified atom stereocenters. The fourth-order valence-electron chi connectivity index (χ4n) is 2.86. The summed E-state index contributed by atoms with van der Waals surface area (Å²) < 4.78 is 15.8. The van der Waals surface area contributed by atoms with E-state index < -0.39 is 5.97 Å². The molecule has 3 aromatic rings. The molecule has 0 saturated heterocycles. The van der Waals surface area contributed by atoms with Crippen LogP contribution in [-0.4, -0.2) is 36.3 Å². The van der Waals surface area contributed by atoms with Crippen molar-refractivity contribution < 1.29 is 19.0 Å². The summed E-state index contributed by atoms with van der Waals surface area (Å²) in [4.78, 5) is 31.1. The monoisotopic (exact) mass is 398 g/mol. The average molecular weight is 399 g/mol. The van der Waals surface area contributed by atoms with Crippen molar-refractivity contribution in [1.82, 2.24) is 9.97 Å². The molecule has 0 fully saturated rings. The van der Waals surface area contributed by atoms with E-state index in [2.05, 4.69) is 9.97 Å². The third-order valence-corrected chi connectivity index (χ3v) is 4.50. The zero-order valence-electron chi connectivity index (χ0n) is 14.8. The summed E-state index contributed by atoms with van der Waals surface area (Å²) in [6.45, 7) is 0.995. The Morgan fingerprint density at radius 3 is 2.75 bits per heavy atom. The highest BCUT2D eigenvalue weighted by Gasteiger charge is 2.13. The van der Waals surface area contributed by atoms with Gasteiger partial charge in [0.2, 0.25) is 0 Å². The van der Waals surface area contributed by atoms with Crippen LogP contribution in [0.15, 0.2) is 41.2 Å². The molecular formula is C20H15ClN2O5. The van der Waals surface area contributed by atoms with E-state index in [0.717, 1.165) is 5.56 Å². The lowest BCUT2D eigenvalue weighted by Crippen LogP contribution is -2.15. The number of hydrogen-bond donors (Lipinski definition) is 1. The Kier molecular flexibility index (Phi) is 4.75. The van der Waals surface area contributed by atoms with Crippen molar-refractivity contribution in [2.75, 3.05) is 20.3 Å². The molecule has 2 aromatic carbocycles. The Balaban J connectivity index is 1.74. The van der Waals surface area contributed by atoms with Crippen LogP contribution < -0.4 is 15.0 Å². The van der Waals surface area contributed by atoms with Gasteiger partial charge in [-0.05, 0) is 42.0 Å². The van der Waals surface area contributed by atoms with Crippen LogP contribution in [0, 0.1) is 0 Å². The van der Waals surface area contributed by atoms with E-state index in [1.807, 2.05) is 6.07 Å². The highest BCUT2D eigenvalue weighted by atomic mass is 35.5. The number of carbonyl (C=O) groups excluding carboxylic acids is 1. The predicted octanol–water partition coefficient (Wildman–Crippen LogP) is 3.22. The van der Waals surface area contributed by atoms with Crippen molar-refractivity contribution in [3.05, 3.63) is 63.7 Å². The lowest BCUT2D eigenvalue weighted by Gasteiger charge is -2.18. The Morgan fingerprint density at radius 1 is 1.18 bits per heavy atom. The number of aromatic nitrogens is 2. The van der Waals surface area contributed by atoms with Gasteiger partial charge in [0.25, 0.3) is 5.56 Å². The number of esters is 1. The van der Waals surface area contributed by atoms with Crippen LogP contribution in [0.25, 0.3) is 22.0 Å². The molecule has 0 spiro atoms. The Labute approximate surface area is 164 Å². The summed E-state index contributed by atoms with van der Waals surface area (Å²) in [5.74, 6) is 0.985. The van der Waals surface area contributed by atoms with Gasteiger partial charge in [-0.25, -0.2) is 9.78 Å². The number of aromatic amines is 1. The van der Waals surface area contributed by atoms with Crippen molar-refractivity contribution in [3.8, 4) is 11.5 Å². The van der Waals surface area contributed by atoms with Gasteiger partial charge in [0.05, 0.1) is 28.6 Å². The minimum absolute atomic E-state index is 0.191. The number of fused-ring (bicyclic) bond motifs is 2. The van der Waals surface area contributed by atoms with Crippen LogP contribution >= 0.6 is 11.6 Å². The number of H-pyrrole nitrogens is 1. The fraction of sp³-hybridized carbons (Fsp3) is 0.150. The van der Waals surface area contributed by atoms with Gasteiger partial charge in [0.15, 0.2) is 17.3 Å². The number of hydrogen-bond acceptors (Lipinski definition) is 6. The average Bonchev–Trinajstić information content (AvgIpc) is 2.72. The largest absolute Gasteiger partial charge is 0.486 e. The van der Waals surface area contributed by atoms with E-state index in [1.165, 1.54) is 25.3 Å². The van der Waals surface area contributed by atoms with E-state index in [-0.39, 0.29) is 16.4 Å². The maximum absolute atomic E-state index is 12.4. The minimum atomic E-state index is -0.511. The summed E-state index contributed by atoms with van der Waals surface area (Å²) in [6, 6.07) is 9.95. The number of halogens is 1. The minimum Gasteiger partial charge on any atom is -0.486 e. The smallest absolute Gasteiger partial charge is 0.337 e. The third kappa shape index (κ3) is 3.44. The highest BCUT2D eigenvalue weighted by Crippen LogP contribution is 2.32. The van der Waals surface area contributed by atoms with Gasteiger partial charge >= 0.3 is 5.97 Å². The molecule has 0 bridgehead atoms. The van der Waals surface area contributed by atoms with Gasteiger partial charge in [-0.1, -0.05) is 17.7 Å². The van der Waals surface area contributed by atoms with Crippen LogP contribution in [0.5, 0.6) is 11.5 Å². The number of rotatable bonds is 3. The molecule has 0 aliphatic carbocycles. The van der Waals surface area contributed by atoms with E-state index >= 15 is 0 Å². The molecule has 1 aliphatic heterocycles. The highest BCUT2D eigenvalue weighted by molar-refractivity contribution is 6.50. The topological polar surface area (TPSA) is 90.5 Å². The molecule has 1 N–H and O–H groups in total. The summed E-state index contributed by atoms with van der Waals surface area (Å²) in [7, 11) is 1.29. The van der Waals surface area contributed by atoms with Gasteiger partial charge in [0.1, 0.15) is 13.2 Å². The van der Waals surface area contributed by atoms with Crippen LogP contribution in [0.1, 0.15) is 21.7 Å². The normalized spacial score (nSPS) is 13.4. The first-order valence-corrected chi connectivity index (χ1v) is 8.82. The summed E-state index contributed by atoms with van der Waals surface area (Å²) >= 11 is 6.39. The molecule has 8 heteroatoms. The summed E-state index contributed by atoms with van der Waals surface area (Å²) in [6.07, 6.45) is 1.66. The second-order valence-corrected chi connectivity index (χ2v) is 6.44. The Bertz CT molecular complexity index is 1170.